The van der Waals surface area contributed by atoms with Gasteiger partial charge in [-0.1, -0.05) is 30.0 Å². The van der Waals surface area contributed by atoms with E-state index in [9.17, 15) is 13.2 Å². The fraction of sp³-hybridized carbons (Fsp3) is 0.333. The predicted octanol–water partition coefficient (Wildman–Crippen LogP) is 2.09. The number of carbonyl (C=O) groups excluding carboxylic acids is 1. The molecule has 128 valence electrons. The maximum absolute atomic E-state index is 12.2. The molecule has 1 aliphatic rings. The first-order valence-corrected chi connectivity index (χ1v) is 10.6. The Bertz CT molecular complexity index is 815. The minimum Gasteiger partial charge on any atom is -0.346 e. The van der Waals surface area contributed by atoms with Crippen LogP contribution in [0.25, 0.3) is 0 Å². The van der Waals surface area contributed by atoms with Crippen molar-refractivity contribution in [1.29, 1.82) is 0 Å². The Morgan fingerprint density at radius 1 is 1.38 bits per heavy atom. The van der Waals surface area contributed by atoms with Crippen molar-refractivity contribution >= 4 is 43.4 Å². The number of nitrogens with one attached hydrogen (secondary N) is 1. The third-order valence-corrected chi connectivity index (χ3v) is 6.82. The number of nitrogens with zero attached hydrogens (tertiary/aromatic N) is 2. The first-order chi connectivity index (χ1) is 11.4. The van der Waals surface area contributed by atoms with Gasteiger partial charge in [-0.05, 0) is 12.1 Å². The molecule has 0 unspecified atom stereocenters. The topological polar surface area (TPSA) is 79.4 Å². The fourth-order valence-corrected chi connectivity index (χ4v) is 5.12. The summed E-state index contributed by atoms with van der Waals surface area (Å²) in [5.41, 5.74) is 0.692. The van der Waals surface area contributed by atoms with Crippen molar-refractivity contribution in [2.45, 2.75) is 23.6 Å². The molecule has 0 radical (unpaired) electrons. The fourth-order valence-electron chi connectivity index (χ4n) is 2.28. The first-order valence-electron chi connectivity index (χ1n) is 7.35. The largest absolute Gasteiger partial charge is 0.346 e. The van der Waals surface area contributed by atoms with Gasteiger partial charge in [0.1, 0.15) is 0 Å². The van der Waals surface area contributed by atoms with Gasteiger partial charge in [0.25, 0.3) is 0 Å². The van der Waals surface area contributed by atoms with Gasteiger partial charge >= 0.3 is 0 Å². The molecule has 1 aliphatic heterocycles. The van der Waals surface area contributed by atoms with Crippen LogP contribution < -0.4 is 9.62 Å². The van der Waals surface area contributed by atoms with Crippen LogP contribution in [0.4, 0.5) is 5.13 Å². The van der Waals surface area contributed by atoms with E-state index in [2.05, 4.69) is 14.6 Å². The highest BCUT2D eigenvalue weighted by molar-refractivity contribution is 8.14. The summed E-state index contributed by atoms with van der Waals surface area (Å²) < 4.78 is 26.9. The lowest BCUT2D eigenvalue weighted by Gasteiger charge is -2.37. The molecule has 1 aromatic heterocycles. The zero-order chi connectivity index (χ0) is 17.2. The van der Waals surface area contributed by atoms with E-state index >= 15 is 0 Å². The van der Waals surface area contributed by atoms with Crippen LogP contribution in [0.3, 0.4) is 0 Å². The van der Waals surface area contributed by atoms with Crippen molar-refractivity contribution in [3.8, 4) is 0 Å². The van der Waals surface area contributed by atoms with Crippen LogP contribution in [0.5, 0.6) is 0 Å². The summed E-state index contributed by atoms with van der Waals surface area (Å²) in [5.74, 6) is 0. The molecular weight excluding hydrogens is 366 g/mol. The second-order valence-corrected chi connectivity index (χ2v) is 9.48. The number of sulfonamides is 1. The van der Waals surface area contributed by atoms with Crippen molar-refractivity contribution in [2.75, 3.05) is 18.0 Å². The van der Waals surface area contributed by atoms with Crippen molar-refractivity contribution in [1.82, 2.24) is 9.71 Å². The monoisotopic (exact) mass is 383 g/mol. The number of hydrogen-bond acceptors (Lipinski definition) is 7. The standard InChI is InChI=1S/C15H17N3O3S3/c1-11(19)23-13-8-18(9-13)15-17-12(10-22-15)7-16-24(20,21)14-5-3-2-4-6-14/h2-6,10,13,16H,7-9H2,1H3. The quantitative estimate of drug-likeness (QED) is 0.823. The highest BCUT2D eigenvalue weighted by atomic mass is 32.2. The summed E-state index contributed by atoms with van der Waals surface area (Å²) in [7, 11) is -3.52. The molecule has 0 atom stereocenters. The molecule has 6 nitrogen and oxygen atoms in total. The molecule has 0 spiro atoms. The van der Waals surface area contributed by atoms with Crippen molar-refractivity contribution in [3.05, 3.63) is 41.4 Å². The van der Waals surface area contributed by atoms with E-state index < -0.39 is 10.0 Å². The lowest BCUT2D eigenvalue weighted by atomic mass is 10.2. The summed E-state index contributed by atoms with van der Waals surface area (Å²) in [6, 6.07) is 8.27. The van der Waals surface area contributed by atoms with E-state index in [1.807, 2.05) is 5.38 Å². The molecule has 1 N–H and O–H groups in total. The van der Waals surface area contributed by atoms with E-state index in [1.54, 1.807) is 37.3 Å². The average Bonchev–Trinajstić information content (AvgIpc) is 2.98. The SMILES string of the molecule is CC(=O)SC1CN(c2nc(CNS(=O)(=O)c3ccccc3)cs2)C1. The van der Waals surface area contributed by atoms with Gasteiger partial charge in [-0.25, -0.2) is 18.1 Å². The lowest BCUT2D eigenvalue weighted by Crippen LogP contribution is -2.49. The second-order valence-electron chi connectivity index (χ2n) is 5.40. The zero-order valence-electron chi connectivity index (χ0n) is 13.0. The van der Waals surface area contributed by atoms with Gasteiger partial charge in [0, 0.05) is 30.6 Å². The van der Waals surface area contributed by atoms with Gasteiger partial charge < -0.3 is 4.90 Å². The maximum Gasteiger partial charge on any atom is 0.240 e. The maximum atomic E-state index is 12.2. The molecule has 0 amide bonds. The molecule has 0 bridgehead atoms. The second kappa shape index (κ2) is 7.22. The zero-order valence-corrected chi connectivity index (χ0v) is 15.5. The number of aromatic nitrogens is 1. The third-order valence-electron chi connectivity index (χ3n) is 3.49. The van der Waals surface area contributed by atoms with Gasteiger partial charge in [-0.15, -0.1) is 11.3 Å². The number of thiazole rings is 1. The van der Waals surface area contributed by atoms with E-state index in [1.165, 1.54) is 23.1 Å². The number of benzene rings is 1. The average molecular weight is 384 g/mol. The summed E-state index contributed by atoms with van der Waals surface area (Å²) in [6.07, 6.45) is 0. The molecule has 1 saturated heterocycles. The molecule has 3 rings (SSSR count). The molecule has 0 aliphatic carbocycles. The summed E-state index contributed by atoms with van der Waals surface area (Å²) in [6.45, 7) is 3.33. The Hall–Kier alpha value is -1.42. The van der Waals surface area contributed by atoms with Crippen LogP contribution in [0.2, 0.25) is 0 Å². The van der Waals surface area contributed by atoms with Gasteiger partial charge in [0.15, 0.2) is 10.2 Å². The highest BCUT2D eigenvalue weighted by Crippen LogP contribution is 2.30. The molecule has 0 saturated carbocycles. The molecular formula is C15H17N3O3S3. The first kappa shape index (κ1) is 17.4. The number of anilines is 1. The molecule has 1 aromatic carbocycles. The molecule has 2 aromatic rings. The lowest BCUT2D eigenvalue weighted by molar-refractivity contribution is -0.109. The minimum absolute atomic E-state index is 0.134. The van der Waals surface area contributed by atoms with Gasteiger partial charge in [0.2, 0.25) is 10.0 Å². The van der Waals surface area contributed by atoms with Crippen LogP contribution in [-0.2, 0) is 21.4 Å². The van der Waals surface area contributed by atoms with E-state index in [0.29, 0.717) is 10.9 Å². The number of thioether (sulfide) groups is 1. The van der Waals surface area contributed by atoms with Gasteiger partial charge in [-0.2, -0.15) is 0 Å². The van der Waals surface area contributed by atoms with Crippen molar-refractivity contribution in [3.63, 3.8) is 0 Å². The molecule has 9 heteroatoms. The molecule has 24 heavy (non-hydrogen) atoms. The predicted molar refractivity (Wildman–Crippen MR) is 96.9 cm³/mol. The van der Waals surface area contributed by atoms with Crippen LogP contribution in [-0.4, -0.2) is 36.9 Å². The number of hydrogen-bond donors (Lipinski definition) is 1. The normalized spacial score (nSPS) is 15.3. The summed E-state index contributed by atoms with van der Waals surface area (Å²) in [5, 5.41) is 3.18. The Morgan fingerprint density at radius 3 is 2.75 bits per heavy atom. The summed E-state index contributed by atoms with van der Waals surface area (Å²) >= 11 is 2.85. The Labute approximate surface area is 149 Å². The minimum atomic E-state index is -3.52. The van der Waals surface area contributed by atoms with E-state index in [-0.39, 0.29) is 16.6 Å². The van der Waals surface area contributed by atoms with Gasteiger partial charge in [0.05, 0.1) is 17.1 Å². The third kappa shape index (κ3) is 4.15. The van der Waals surface area contributed by atoms with E-state index in [0.717, 1.165) is 18.2 Å². The van der Waals surface area contributed by atoms with Crippen LogP contribution in [0, 0.1) is 0 Å². The Morgan fingerprint density at radius 2 is 2.08 bits per heavy atom. The van der Waals surface area contributed by atoms with Crippen LogP contribution >= 0.6 is 23.1 Å². The van der Waals surface area contributed by atoms with E-state index in [4.69, 9.17) is 0 Å². The van der Waals surface area contributed by atoms with Crippen LogP contribution in [0.1, 0.15) is 12.6 Å². The Balaban J connectivity index is 1.55. The summed E-state index contributed by atoms with van der Waals surface area (Å²) in [4.78, 5) is 17.9. The number of rotatable bonds is 6. The van der Waals surface area contributed by atoms with Gasteiger partial charge in [-0.3, -0.25) is 4.79 Å². The highest BCUT2D eigenvalue weighted by Gasteiger charge is 2.30. The number of carbonyl (C=O) groups is 1. The molecule has 2 heterocycles. The van der Waals surface area contributed by atoms with Crippen molar-refractivity contribution < 1.29 is 13.2 Å². The Kier molecular flexibility index (Phi) is 5.24. The smallest absolute Gasteiger partial charge is 0.240 e. The molecule has 1 fully saturated rings. The van der Waals surface area contributed by atoms with Crippen molar-refractivity contribution in [2.24, 2.45) is 0 Å². The van der Waals surface area contributed by atoms with Crippen LogP contribution in [0.15, 0.2) is 40.6 Å².